The first-order valence-electron chi connectivity index (χ1n) is 10.8. The number of carbonyl (C=O) groups excluding carboxylic acids is 2. The van der Waals surface area contributed by atoms with Crippen LogP contribution in [0.1, 0.15) is 5.69 Å². The SMILES string of the molecule is Cc1cc(NC(=O)CN2CCN(C)CC2)c2cc(NC(=O)Nc3cccc(F)c3)ccc2n1. The van der Waals surface area contributed by atoms with E-state index in [4.69, 9.17) is 0 Å². The predicted molar refractivity (Wildman–Crippen MR) is 128 cm³/mol. The van der Waals surface area contributed by atoms with Gasteiger partial charge in [-0.25, -0.2) is 9.18 Å². The Balaban J connectivity index is 1.48. The van der Waals surface area contributed by atoms with Crippen LogP contribution < -0.4 is 16.0 Å². The molecule has 1 aliphatic heterocycles. The number of aromatic nitrogens is 1. The number of benzene rings is 2. The Labute approximate surface area is 191 Å². The standard InChI is InChI=1S/C24H27FN6O2/c1-16-12-22(29-23(32)15-31-10-8-30(2)9-11-31)20-14-19(6-7-21(20)26-16)28-24(33)27-18-5-3-4-17(25)13-18/h3-7,12-14H,8-11,15H2,1-2H3,(H,26,29,32)(H2,27,28,33). The molecule has 3 aromatic rings. The molecule has 1 saturated heterocycles. The maximum Gasteiger partial charge on any atom is 0.323 e. The lowest BCUT2D eigenvalue weighted by atomic mass is 10.1. The molecular formula is C24H27FN6O2. The zero-order valence-corrected chi connectivity index (χ0v) is 18.7. The highest BCUT2D eigenvalue weighted by Gasteiger charge is 2.17. The number of fused-ring (bicyclic) bond motifs is 1. The van der Waals surface area contributed by atoms with Crippen molar-refractivity contribution in [3.8, 4) is 0 Å². The molecule has 172 valence electrons. The van der Waals surface area contributed by atoms with E-state index in [0.717, 1.165) is 37.3 Å². The van der Waals surface area contributed by atoms with Crippen molar-refractivity contribution in [2.75, 3.05) is 55.7 Å². The van der Waals surface area contributed by atoms with Crippen LogP contribution in [-0.2, 0) is 4.79 Å². The van der Waals surface area contributed by atoms with E-state index in [-0.39, 0.29) is 5.91 Å². The summed E-state index contributed by atoms with van der Waals surface area (Å²) in [5, 5.41) is 9.07. The molecule has 1 fully saturated rings. The highest BCUT2D eigenvalue weighted by molar-refractivity contribution is 6.05. The van der Waals surface area contributed by atoms with Gasteiger partial charge in [0.25, 0.3) is 0 Å². The van der Waals surface area contributed by atoms with E-state index in [1.165, 1.54) is 18.2 Å². The van der Waals surface area contributed by atoms with E-state index in [2.05, 4.69) is 37.8 Å². The van der Waals surface area contributed by atoms with Crippen LogP contribution >= 0.6 is 0 Å². The second-order valence-electron chi connectivity index (χ2n) is 8.26. The molecule has 3 amide bonds. The van der Waals surface area contributed by atoms with E-state index >= 15 is 0 Å². The summed E-state index contributed by atoms with van der Waals surface area (Å²) < 4.78 is 13.3. The third-order valence-electron chi connectivity index (χ3n) is 5.51. The Morgan fingerprint density at radius 3 is 2.42 bits per heavy atom. The Morgan fingerprint density at radius 2 is 1.70 bits per heavy atom. The highest BCUT2D eigenvalue weighted by atomic mass is 19.1. The topological polar surface area (TPSA) is 89.6 Å². The van der Waals surface area contributed by atoms with E-state index in [0.29, 0.717) is 29.1 Å². The van der Waals surface area contributed by atoms with Gasteiger partial charge in [-0.2, -0.15) is 0 Å². The first-order chi connectivity index (χ1) is 15.9. The fraction of sp³-hybridized carbons (Fsp3) is 0.292. The van der Waals surface area contributed by atoms with Crippen molar-refractivity contribution in [1.29, 1.82) is 0 Å². The number of piperazine rings is 1. The van der Waals surface area contributed by atoms with Crippen molar-refractivity contribution in [3.05, 3.63) is 60.0 Å². The number of nitrogens with one attached hydrogen (secondary N) is 3. The fourth-order valence-corrected chi connectivity index (χ4v) is 3.80. The number of rotatable bonds is 5. The van der Waals surface area contributed by atoms with Crippen LogP contribution in [0.2, 0.25) is 0 Å². The average molecular weight is 451 g/mol. The third-order valence-corrected chi connectivity index (χ3v) is 5.51. The number of amides is 3. The van der Waals surface area contributed by atoms with Crippen LogP contribution in [0.5, 0.6) is 0 Å². The molecule has 0 spiro atoms. The van der Waals surface area contributed by atoms with Crippen molar-refractivity contribution in [3.63, 3.8) is 0 Å². The van der Waals surface area contributed by atoms with E-state index in [1.807, 2.05) is 13.0 Å². The van der Waals surface area contributed by atoms with Gasteiger partial charge in [-0.3, -0.25) is 14.7 Å². The zero-order valence-electron chi connectivity index (χ0n) is 18.7. The molecule has 2 aromatic carbocycles. The summed E-state index contributed by atoms with van der Waals surface area (Å²) in [5.74, 6) is -0.523. The summed E-state index contributed by atoms with van der Waals surface area (Å²) in [6, 6.07) is 12.3. The molecule has 0 aliphatic carbocycles. The second-order valence-corrected chi connectivity index (χ2v) is 8.26. The lowest BCUT2D eigenvalue weighted by molar-refractivity contribution is -0.117. The third kappa shape index (κ3) is 6.03. The van der Waals surface area contributed by atoms with Gasteiger partial charge in [-0.05, 0) is 56.4 Å². The number of hydrogen-bond donors (Lipinski definition) is 3. The molecule has 0 saturated carbocycles. The van der Waals surface area contributed by atoms with Crippen LogP contribution in [-0.4, -0.2) is 66.5 Å². The smallest absolute Gasteiger partial charge is 0.323 e. The van der Waals surface area contributed by atoms with Crippen LogP contribution in [0.4, 0.5) is 26.2 Å². The molecule has 0 atom stereocenters. The first-order valence-corrected chi connectivity index (χ1v) is 10.8. The number of carbonyl (C=O) groups is 2. The molecule has 1 aromatic heterocycles. The maximum absolute atomic E-state index is 13.3. The molecule has 4 rings (SSSR count). The monoisotopic (exact) mass is 450 g/mol. The van der Waals surface area contributed by atoms with Crippen molar-refractivity contribution < 1.29 is 14.0 Å². The molecule has 3 N–H and O–H groups in total. The van der Waals surface area contributed by atoms with E-state index in [9.17, 15) is 14.0 Å². The Hall–Kier alpha value is -3.56. The second kappa shape index (κ2) is 9.93. The molecule has 0 bridgehead atoms. The van der Waals surface area contributed by atoms with Gasteiger partial charge in [-0.15, -0.1) is 0 Å². The number of hydrogen-bond acceptors (Lipinski definition) is 5. The molecule has 0 radical (unpaired) electrons. The number of likely N-dealkylation sites (N-methyl/N-ethyl adjacent to an activating group) is 1. The van der Waals surface area contributed by atoms with Gasteiger partial charge in [0.05, 0.1) is 17.7 Å². The molecule has 33 heavy (non-hydrogen) atoms. The number of pyridine rings is 1. The molecule has 9 heteroatoms. The maximum atomic E-state index is 13.3. The Bertz CT molecular complexity index is 1180. The van der Waals surface area contributed by atoms with E-state index < -0.39 is 11.8 Å². The molecule has 2 heterocycles. The molecule has 1 aliphatic rings. The van der Waals surface area contributed by atoms with E-state index in [1.54, 1.807) is 24.3 Å². The number of urea groups is 1. The quantitative estimate of drug-likeness (QED) is 0.554. The number of halogens is 1. The summed E-state index contributed by atoms with van der Waals surface area (Å²) >= 11 is 0. The normalized spacial score (nSPS) is 14.8. The lowest BCUT2D eigenvalue weighted by Crippen LogP contribution is -2.47. The minimum Gasteiger partial charge on any atom is -0.324 e. The van der Waals surface area contributed by atoms with Gasteiger partial charge in [0.15, 0.2) is 0 Å². The zero-order chi connectivity index (χ0) is 23.4. The van der Waals surface area contributed by atoms with Crippen LogP contribution in [0.3, 0.4) is 0 Å². The Kier molecular flexibility index (Phi) is 6.81. The van der Waals surface area contributed by atoms with Crippen molar-refractivity contribution in [1.82, 2.24) is 14.8 Å². The summed E-state index contributed by atoms with van der Waals surface area (Å²) in [6.07, 6.45) is 0. The summed E-state index contributed by atoms with van der Waals surface area (Å²) in [7, 11) is 2.08. The van der Waals surface area contributed by atoms with Crippen molar-refractivity contribution >= 4 is 39.9 Å². The van der Waals surface area contributed by atoms with Gasteiger partial charge in [0.1, 0.15) is 5.82 Å². The molecule has 0 unspecified atom stereocenters. The van der Waals surface area contributed by atoms with Crippen molar-refractivity contribution in [2.24, 2.45) is 0 Å². The molecule has 8 nitrogen and oxygen atoms in total. The highest BCUT2D eigenvalue weighted by Crippen LogP contribution is 2.26. The van der Waals surface area contributed by atoms with Crippen LogP contribution in [0.15, 0.2) is 48.5 Å². The number of aryl methyl sites for hydroxylation is 1. The fourth-order valence-electron chi connectivity index (χ4n) is 3.80. The van der Waals surface area contributed by atoms with Crippen LogP contribution in [0, 0.1) is 12.7 Å². The predicted octanol–water partition coefficient (Wildman–Crippen LogP) is 3.51. The minimum absolute atomic E-state index is 0.0892. The summed E-state index contributed by atoms with van der Waals surface area (Å²) in [4.78, 5) is 34.0. The van der Waals surface area contributed by atoms with Gasteiger partial charge in [0.2, 0.25) is 5.91 Å². The van der Waals surface area contributed by atoms with Gasteiger partial charge in [0, 0.05) is 48.6 Å². The van der Waals surface area contributed by atoms with Crippen molar-refractivity contribution in [2.45, 2.75) is 6.92 Å². The summed E-state index contributed by atoms with van der Waals surface area (Å²) in [6.45, 7) is 5.79. The minimum atomic E-state index is -0.499. The average Bonchev–Trinajstić information content (AvgIpc) is 2.75. The van der Waals surface area contributed by atoms with Crippen LogP contribution in [0.25, 0.3) is 10.9 Å². The van der Waals surface area contributed by atoms with Gasteiger partial charge >= 0.3 is 6.03 Å². The molecular weight excluding hydrogens is 423 g/mol. The van der Waals surface area contributed by atoms with Gasteiger partial charge in [-0.1, -0.05) is 6.07 Å². The Morgan fingerprint density at radius 1 is 0.970 bits per heavy atom. The lowest BCUT2D eigenvalue weighted by Gasteiger charge is -2.31. The summed E-state index contributed by atoms with van der Waals surface area (Å²) in [5.41, 5.74) is 3.01. The largest absolute Gasteiger partial charge is 0.324 e. The number of anilines is 3. The van der Waals surface area contributed by atoms with Gasteiger partial charge < -0.3 is 20.9 Å². The number of nitrogens with zero attached hydrogens (tertiary/aromatic N) is 3. The first kappa shape index (κ1) is 22.6.